The van der Waals surface area contributed by atoms with Gasteiger partial charge in [-0.25, -0.2) is 4.98 Å². The summed E-state index contributed by atoms with van der Waals surface area (Å²) in [6.07, 6.45) is 10.2. The van der Waals surface area contributed by atoms with Crippen LogP contribution in [0.15, 0.2) is 18.6 Å². The molecular formula is C11H17N3O. The van der Waals surface area contributed by atoms with Crippen LogP contribution in [-0.4, -0.2) is 29.2 Å². The summed E-state index contributed by atoms with van der Waals surface area (Å²) in [5.74, 6) is 0.873. The fourth-order valence-electron chi connectivity index (χ4n) is 2.03. The smallest absolute Gasteiger partial charge is 0.144 e. The van der Waals surface area contributed by atoms with Crippen molar-refractivity contribution in [3.8, 4) is 0 Å². The zero-order valence-electron chi connectivity index (χ0n) is 9.02. The lowest BCUT2D eigenvalue weighted by atomic mass is 9.93. The highest BCUT2D eigenvalue weighted by Crippen LogP contribution is 2.22. The van der Waals surface area contributed by atoms with Crippen LogP contribution < -0.4 is 5.32 Å². The summed E-state index contributed by atoms with van der Waals surface area (Å²) in [6, 6.07) is 0.521. The van der Waals surface area contributed by atoms with E-state index in [4.69, 9.17) is 4.74 Å². The first-order valence-electron chi connectivity index (χ1n) is 5.44. The Morgan fingerprint density at radius 1 is 1.27 bits per heavy atom. The Morgan fingerprint density at radius 3 is 2.67 bits per heavy atom. The summed E-state index contributed by atoms with van der Waals surface area (Å²) in [6.45, 7) is 0. The molecule has 4 nitrogen and oxygen atoms in total. The van der Waals surface area contributed by atoms with Crippen LogP contribution in [0.25, 0.3) is 0 Å². The minimum atomic E-state index is 0.449. The lowest BCUT2D eigenvalue weighted by Gasteiger charge is -2.28. The standard InChI is InChI=1S/C11H17N3O/c1-15-10-4-2-9(3-5-10)14-11-8-12-6-7-13-11/h6-10H,2-5H2,1H3,(H,13,14). The van der Waals surface area contributed by atoms with E-state index in [1.807, 2.05) is 0 Å². The third kappa shape index (κ3) is 2.89. The summed E-state index contributed by atoms with van der Waals surface area (Å²) >= 11 is 0. The number of rotatable bonds is 3. The Balaban J connectivity index is 1.82. The maximum atomic E-state index is 5.33. The minimum absolute atomic E-state index is 0.449. The van der Waals surface area contributed by atoms with Crippen molar-refractivity contribution in [2.45, 2.75) is 37.8 Å². The van der Waals surface area contributed by atoms with E-state index in [0.717, 1.165) is 31.5 Å². The molecule has 0 saturated heterocycles. The van der Waals surface area contributed by atoms with Crippen molar-refractivity contribution in [1.29, 1.82) is 0 Å². The molecule has 15 heavy (non-hydrogen) atoms. The van der Waals surface area contributed by atoms with Crippen LogP contribution in [-0.2, 0) is 4.74 Å². The number of hydrogen-bond donors (Lipinski definition) is 1. The topological polar surface area (TPSA) is 47.0 Å². The lowest BCUT2D eigenvalue weighted by Crippen LogP contribution is -2.29. The summed E-state index contributed by atoms with van der Waals surface area (Å²) in [7, 11) is 1.79. The van der Waals surface area contributed by atoms with Crippen LogP contribution in [0.3, 0.4) is 0 Å². The van der Waals surface area contributed by atoms with Crippen molar-refractivity contribution in [2.75, 3.05) is 12.4 Å². The molecule has 1 heterocycles. The normalized spacial score (nSPS) is 26.2. The van der Waals surface area contributed by atoms with E-state index in [0.29, 0.717) is 12.1 Å². The predicted octanol–water partition coefficient (Wildman–Crippen LogP) is 1.85. The Bertz CT molecular complexity index is 283. The predicted molar refractivity (Wildman–Crippen MR) is 58.7 cm³/mol. The average Bonchev–Trinajstić information content (AvgIpc) is 2.31. The van der Waals surface area contributed by atoms with E-state index in [1.54, 1.807) is 25.7 Å². The van der Waals surface area contributed by atoms with Gasteiger partial charge in [0.1, 0.15) is 5.82 Å². The van der Waals surface area contributed by atoms with Crippen LogP contribution in [0.4, 0.5) is 5.82 Å². The highest BCUT2D eigenvalue weighted by atomic mass is 16.5. The summed E-state index contributed by atoms with van der Waals surface area (Å²) in [4.78, 5) is 8.24. The van der Waals surface area contributed by atoms with Crippen LogP contribution in [0.1, 0.15) is 25.7 Å². The van der Waals surface area contributed by atoms with E-state index < -0.39 is 0 Å². The van der Waals surface area contributed by atoms with Crippen molar-refractivity contribution in [1.82, 2.24) is 9.97 Å². The fraction of sp³-hybridized carbons (Fsp3) is 0.636. The van der Waals surface area contributed by atoms with Gasteiger partial charge in [0, 0.05) is 25.5 Å². The molecule has 1 aliphatic rings. The van der Waals surface area contributed by atoms with Gasteiger partial charge < -0.3 is 10.1 Å². The number of aromatic nitrogens is 2. The van der Waals surface area contributed by atoms with E-state index in [9.17, 15) is 0 Å². The molecule has 0 atom stereocenters. The molecule has 0 aliphatic heterocycles. The highest BCUT2D eigenvalue weighted by molar-refractivity contribution is 5.31. The van der Waals surface area contributed by atoms with E-state index >= 15 is 0 Å². The molecule has 1 saturated carbocycles. The second-order valence-corrected chi connectivity index (χ2v) is 3.94. The van der Waals surface area contributed by atoms with Gasteiger partial charge in [0.2, 0.25) is 0 Å². The highest BCUT2D eigenvalue weighted by Gasteiger charge is 2.20. The average molecular weight is 207 g/mol. The summed E-state index contributed by atoms with van der Waals surface area (Å²) in [5, 5.41) is 3.40. The van der Waals surface area contributed by atoms with Gasteiger partial charge in [-0.3, -0.25) is 4.98 Å². The zero-order valence-corrected chi connectivity index (χ0v) is 9.02. The number of nitrogens with one attached hydrogen (secondary N) is 1. The third-order valence-corrected chi connectivity index (χ3v) is 2.92. The van der Waals surface area contributed by atoms with E-state index in [-0.39, 0.29) is 0 Å². The molecule has 0 radical (unpaired) electrons. The molecule has 82 valence electrons. The first-order chi connectivity index (χ1) is 7.38. The van der Waals surface area contributed by atoms with Gasteiger partial charge in [0.25, 0.3) is 0 Å². The van der Waals surface area contributed by atoms with Crippen LogP contribution >= 0.6 is 0 Å². The van der Waals surface area contributed by atoms with E-state index in [2.05, 4.69) is 15.3 Å². The van der Waals surface area contributed by atoms with Crippen molar-refractivity contribution < 1.29 is 4.74 Å². The molecule has 0 amide bonds. The van der Waals surface area contributed by atoms with Gasteiger partial charge in [0.05, 0.1) is 12.3 Å². The van der Waals surface area contributed by atoms with Gasteiger partial charge >= 0.3 is 0 Å². The van der Waals surface area contributed by atoms with Crippen LogP contribution in [0.5, 0.6) is 0 Å². The molecule has 1 fully saturated rings. The third-order valence-electron chi connectivity index (χ3n) is 2.92. The van der Waals surface area contributed by atoms with Gasteiger partial charge in [-0.15, -0.1) is 0 Å². The number of ether oxygens (including phenoxy) is 1. The monoisotopic (exact) mass is 207 g/mol. The summed E-state index contributed by atoms with van der Waals surface area (Å²) < 4.78 is 5.33. The molecular weight excluding hydrogens is 190 g/mol. The fourth-order valence-corrected chi connectivity index (χ4v) is 2.03. The molecule has 1 aliphatic carbocycles. The SMILES string of the molecule is COC1CCC(Nc2cnccn2)CC1. The van der Waals surface area contributed by atoms with Crippen LogP contribution in [0.2, 0.25) is 0 Å². The van der Waals surface area contributed by atoms with Crippen molar-refractivity contribution >= 4 is 5.82 Å². The Morgan fingerprint density at radius 2 is 2.07 bits per heavy atom. The largest absolute Gasteiger partial charge is 0.381 e. The van der Waals surface area contributed by atoms with Crippen molar-refractivity contribution in [3.05, 3.63) is 18.6 Å². The van der Waals surface area contributed by atoms with Crippen molar-refractivity contribution in [3.63, 3.8) is 0 Å². The van der Waals surface area contributed by atoms with Gasteiger partial charge in [0.15, 0.2) is 0 Å². The minimum Gasteiger partial charge on any atom is -0.381 e. The van der Waals surface area contributed by atoms with Gasteiger partial charge in [-0.05, 0) is 25.7 Å². The molecule has 1 aromatic heterocycles. The van der Waals surface area contributed by atoms with Crippen LogP contribution in [0, 0.1) is 0 Å². The first kappa shape index (κ1) is 10.4. The number of hydrogen-bond acceptors (Lipinski definition) is 4. The lowest BCUT2D eigenvalue weighted by molar-refractivity contribution is 0.0681. The molecule has 1 aromatic rings. The molecule has 0 bridgehead atoms. The number of nitrogens with zero attached hydrogens (tertiary/aromatic N) is 2. The Hall–Kier alpha value is -1.16. The number of anilines is 1. The molecule has 4 heteroatoms. The van der Waals surface area contributed by atoms with Gasteiger partial charge in [-0.2, -0.15) is 0 Å². The Kier molecular flexibility index (Phi) is 3.50. The second-order valence-electron chi connectivity index (χ2n) is 3.94. The maximum Gasteiger partial charge on any atom is 0.144 e. The molecule has 0 unspecified atom stereocenters. The zero-order chi connectivity index (χ0) is 10.5. The van der Waals surface area contributed by atoms with Gasteiger partial charge in [-0.1, -0.05) is 0 Å². The molecule has 1 N–H and O–H groups in total. The summed E-state index contributed by atoms with van der Waals surface area (Å²) in [5.41, 5.74) is 0. The molecule has 0 spiro atoms. The second kappa shape index (κ2) is 5.07. The number of methoxy groups -OCH3 is 1. The Labute approximate surface area is 90.1 Å². The quantitative estimate of drug-likeness (QED) is 0.821. The van der Waals surface area contributed by atoms with Crippen molar-refractivity contribution in [2.24, 2.45) is 0 Å². The molecule has 2 rings (SSSR count). The van der Waals surface area contributed by atoms with E-state index in [1.165, 1.54) is 0 Å². The molecule has 0 aromatic carbocycles. The maximum absolute atomic E-state index is 5.33. The first-order valence-corrected chi connectivity index (χ1v) is 5.44.